The van der Waals surface area contributed by atoms with Gasteiger partial charge in [-0.05, 0) is 42.8 Å². The quantitative estimate of drug-likeness (QED) is 0.315. The van der Waals surface area contributed by atoms with Gasteiger partial charge < -0.3 is 13.9 Å². The molecule has 1 aromatic heterocycles. The molecule has 3 aromatic carbocycles. The molecule has 0 radical (unpaired) electrons. The Kier molecular flexibility index (Phi) is 5.80. The van der Waals surface area contributed by atoms with E-state index in [1.165, 1.54) is 24.3 Å². The molecule has 4 aromatic rings. The average molecular weight is 418 g/mol. The van der Waals surface area contributed by atoms with Crippen LogP contribution in [0.4, 0.5) is 4.39 Å². The van der Waals surface area contributed by atoms with Gasteiger partial charge >= 0.3 is 11.6 Å². The van der Waals surface area contributed by atoms with Crippen LogP contribution in [-0.2, 0) is 9.53 Å². The third-order valence-electron chi connectivity index (χ3n) is 4.72. The highest BCUT2D eigenvalue weighted by atomic mass is 19.1. The van der Waals surface area contributed by atoms with Crippen LogP contribution >= 0.6 is 0 Å². The van der Waals surface area contributed by atoms with Crippen molar-refractivity contribution in [2.24, 2.45) is 0 Å². The zero-order chi connectivity index (χ0) is 21.8. The molecule has 0 amide bonds. The molecule has 6 heteroatoms. The van der Waals surface area contributed by atoms with Gasteiger partial charge in [-0.15, -0.1) is 0 Å². The van der Waals surface area contributed by atoms with E-state index in [2.05, 4.69) is 0 Å². The topological polar surface area (TPSA) is 65.7 Å². The Labute approximate surface area is 177 Å². The molecule has 0 saturated carbocycles. The molecule has 0 N–H and O–H groups in total. The zero-order valence-electron chi connectivity index (χ0n) is 16.7. The number of carbonyl (C=O) groups excluding carboxylic acids is 1. The summed E-state index contributed by atoms with van der Waals surface area (Å²) in [7, 11) is 0. The number of halogens is 1. The van der Waals surface area contributed by atoms with Crippen LogP contribution < -0.4 is 10.4 Å². The summed E-state index contributed by atoms with van der Waals surface area (Å²) in [6.45, 7) is 1.95. The highest BCUT2D eigenvalue weighted by Gasteiger charge is 2.24. The van der Waals surface area contributed by atoms with E-state index in [0.29, 0.717) is 33.4 Å². The van der Waals surface area contributed by atoms with Crippen molar-refractivity contribution in [3.8, 4) is 16.9 Å². The van der Waals surface area contributed by atoms with Crippen LogP contribution in [-0.4, -0.2) is 12.6 Å². The van der Waals surface area contributed by atoms with Gasteiger partial charge in [0, 0.05) is 17.0 Å². The van der Waals surface area contributed by atoms with E-state index in [1.807, 2.05) is 6.07 Å². The molecule has 0 unspecified atom stereocenters. The fourth-order valence-corrected chi connectivity index (χ4v) is 3.23. The van der Waals surface area contributed by atoms with E-state index >= 15 is 0 Å². The van der Waals surface area contributed by atoms with Crippen LogP contribution in [0.3, 0.4) is 0 Å². The Morgan fingerprint density at radius 1 is 1.00 bits per heavy atom. The van der Waals surface area contributed by atoms with Crippen LogP contribution in [0.25, 0.3) is 22.1 Å². The van der Waals surface area contributed by atoms with Crippen molar-refractivity contribution in [3.05, 3.63) is 101 Å². The first-order chi connectivity index (χ1) is 15.0. The van der Waals surface area contributed by atoms with E-state index in [0.717, 1.165) is 0 Å². The van der Waals surface area contributed by atoms with Crippen molar-refractivity contribution in [2.45, 2.75) is 13.0 Å². The highest BCUT2D eigenvalue weighted by molar-refractivity contribution is 5.83. The van der Waals surface area contributed by atoms with Crippen LogP contribution in [0, 0.1) is 5.82 Å². The van der Waals surface area contributed by atoms with Gasteiger partial charge in [-0.2, -0.15) is 0 Å². The van der Waals surface area contributed by atoms with Crippen LogP contribution in [0.5, 0.6) is 5.75 Å². The van der Waals surface area contributed by atoms with Crippen molar-refractivity contribution < 1.29 is 23.1 Å². The lowest BCUT2D eigenvalue weighted by atomic mass is 10.1. The first-order valence-electron chi connectivity index (χ1n) is 9.77. The summed E-state index contributed by atoms with van der Waals surface area (Å²) in [6.07, 6.45) is -0.955. The molecule has 4 rings (SSSR count). The maximum absolute atomic E-state index is 13.2. The molecule has 0 saturated heterocycles. The molecule has 1 heterocycles. The number of fused-ring (bicyclic) bond motifs is 1. The van der Waals surface area contributed by atoms with Crippen LogP contribution in [0.1, 0.15) is 18.6 Å². The lowest BCUT2D eigenvalue weighted by Crippen LogP contribution is -2.21. The molecule has 0 aliphatic rings. The maximum Gasteiger partial charge on any atom is 0.352 e. The smallest absolute Gasteiger partial charge is 0.352 e. The fraction of sp³-hybridized carbons (Fsp3) is 0.120. The molecule has 0 bridgehead atoms. The van der Waals surface area contributed by atoms with Crippen molar-refractivity contribution in [1.82, 2.24) is 0 Å². The zero-order valence-corrected chi connectivity index (χ0v) is 16.7. The minimum Gasteiger partial charge on any atom is -0.474 e. The molecular weight excluding hydrogens is 399 g/mol. The Morgan fingerprint density at radius 2 is 1.74 bits per heavy atom. The van der Waals surface area contributed by atoms with Crippen molar-refractivity contribution in [1.29, 1.82) is 0 Å². The molecule has 0 spiro atoms. The molecule has 5 nitrogen and oxygen atoms in total. The first-order valence-corrected chi connectivity index (χ1v) is 9.77. The lowest BCUT2D eigenvalue weighted by Gasteiger charge is -2.18. The Balaban J connectivity index is 1.68. The molecule has 0 aliphatic carbocycles. The maximum atomic E-state index is 13.2. The molecule has 0 fully saturated rings. The Bertz CT molecular complexity index is 1260. The third kappa shape index (κ3) is 4.48. The fourth-order valence-electron chi connectivity index (χ4n) is 3.23. The number of ether oxygens (including phenoxy) is 2. The minimum atomic E-state index is -0.955. The number of carbonyl (C=O) groups is 1. The van der Waals surface area contributed by atoms with Gasteiger partial charge in [0.25, 0.3) is 0 Å². The Morgan fingerprint density at radius 3 is 2.45 bits per heavy atom. The normalized spacial score (nSPS) is 11.8. The number of rotatable bonds is 6. The lowest BCUT2D eigenvalue weighted by molar-refractivity contribution is -0.151. The van der Waals surface area contributed by atoms with Gasteiger partial charge in [-0.1, -0.05) is 42.5 Å². The summed E-state index contributed by atoms with van der Waals surface area (Å²) in [5.74, 6) is -0.542. The number of hydrogen-bond acceptors (Lipinski definition) is 5. The van der Waals surface area contributed by atoms with Gasteiger partial charge in [-0.3, -0.25) is 0 Å². The molecular formula is C25H19FO5. The number of hydrogen-bond donors (Lipinski definition) is 0. The largest absolute Gasteiger partial charge is 0.474 e. The van der Waals surface area contributed by atoms with Gasteiger partial charge in [0.15, 0.2) is 0 Å². The number of esters is 1. The van der Waals surface area contributed by atoms with E-state index in [1.54, 1.807) is 55.5 Å². The summed E-state index contributed by atoms with van der Waals surface area (Å²) in [5, 5.41) is 0.665. The molecule has 0 aliphatic heterocycles. The van der Waals surface area contributed by atoms with Crippen LogP contribution in [0.2, 0.25) is 0 Å². The third-order valence-corrected chi connectivity index (χ3v) is 4.72. The summed E-state index contributed by atoms with van der Waals surface area (Å²) in [5.41, 5.74) is 1.29. The first kappa shape index (κ1) is 20.3. The van der Waals surface area contributed by atoms with E-state index in [-0.39, 0.29) is 12.4 Å². The molecule has 156 valence electrons. The molecule has 1 atom stereocenters. The van der Waals surface area contributed by atoms with Gasteiger partial charge in [0.1, 0.15) is 17.1 Å². The van der Waals surface area contributed by atoms with Crippen molar-refractivity contribution in [2.75, 3.05) is 6.61 Å². The van der Waals surface area contributed by atoms with Crippen molar-refractivity contribution >= 4 is 16.9 Å². The summed E-state index contributed by atoms with van der Waals surface area (Å²) >= 11 is 0. The summed E-state index contributed by atoms with van der Waals surface area (Å²) in [6, 6.07) is 21.3. The number of benzene rings is 3. The highest BCUT2D eigenvalue weighted by Crippen LogP contribution is 2.28. The summed E-state index contributed by atoms with van der Waals surface area (Å²) < 4.78 is 29.7. The summed E-state index contributed by atoms with van der Waals surface area (Å²) in [4.78, 5) is 24.9. The Hall–Kier alpha value is -3.93. The predicted molar refractivity (Wildman–Crippen MR) is 114 cm³/mol. The van der Waals surface area contributed by atoms with Gasteiger partial charge in [-0.25, -0.2) is 14.0 Å². The van der Waals surface area contributed by atoms with Gasteiger partial charge in [0.05, 0.1) is 12.2 Å². The predicted octanol–water partition coefficient (Wildman–Crippen LogP) is 5.28. The van der Waals surface area contributed by atoms with Crippen molar-refractivity contribution in [3.63, 3.8) is 0 Å². The average Bonchev–Trinajstić information content (AvgIpc) is 2.78. The monoisotopic (exact) mass is 418 g/mol. The van der Waals surface area contributed by atoms with E-state index < -0.39 is 17.7 Å². The SMILES string of the molecule is CCOC(=O)[C@@H](Oc1ccc2cc(-c3ccc(F)cc3)c(=O)oc2c1)c1ccccc1. The second-order valence-electron chi connectivity index (χ2n) is 6.81. The second kappa shape index (κ2) is 8.83. The second-order valence-corrected chi connectivity index (χ2v) is 6.81. The van der Waals surface area contributed by atoms with E-state index in [9.17, 15) is 14.0 Å². The van der Waals surface area contributed by atoms with Crippen LogP contribution in [0.15, 0.2) is 88.1 Å². The minimum absolute atomic E-state index is 0.226. The standard InChI is InChI=1S/C25H19FO5/c1-2-29-25(28)23(17-6-4-3-5-7-17)30-20-13-10-18-14-21(24(27)31-22(18)15-20)16-8-11-19(26)12-9-16/h3-15,23H,2H2,1H3/t23-/m0/s1. The van der Waals surface area contributed by atoms with E-state index in [4.69, 9.17) is 13.9 Å². The van der Waals surface area contributed by atoms with Gasteiger partial charge in [0.2, 0.25) is 6.10 Å². The molecule has 31 heavy (non-hydrogen) atoms.